The molecule has 1 aliphatic rings. The van der Waals surface area contributed by atoms with Gasteiger partial charge >= 0.3 is 0 Å². The highest BCUT2D eigenvalue weighted by Gasteiger charge is 2.32. The van der Waals surface area contributed by atoms with Crippen molar-refractivity contribution in [2.24, 2.45) is 5.73 Å². The second-order valence-electron chi connectivity index (χ2n) is 8.16. The molecular formula is C24H22ClN3O3S2. The number of carbonyl (C=O) groups excluding carboxylic acids is 1. The summed E-state index contributed by atoms with van der Waals surface area (Å²) >= 11 is 7.02. The van der Waals surface area contributed by atoms with Crippen LogP contribution in [0, 0.1) is 0 Å². The normalized spacial score (nSPS) is 15.8. The third kappa shape index (κ3) is 4.08. The largest absolute Gasteiger partial charge is 0.366 e. The zero-order valence-electron chi connectivity index (χ0n) is 17.6. The summed E-state index contributed by atoms with van der Waals surface area (Å²) in [5.74, 6) is -0.314. The molecule has 170 valence electrons. The van der Waals surface area contributed by atoms with Crippen molar-refractivity contribution in [3.8, 4) is 11.1 Å². The van der Waals surface area contributed by atoms with Gasteiger partial charge in [0, 0.05) is 24.7 Å². The third-order valence-corrected chi connectivity index (χ3v) is 9.83. The molecule has 3 N–H and O–H groups in total. The van der Waals surface area contributed by atoms with E-state index >= 15 is 0 Å². The van der Waals surface area contributed by atoms with Crippen molar-refractivity contribution in [2.45, 2.75) is 23.0 Å². The minimum absolute atomic E-state index is 0.170. The van der Waals surface area contributed by atoms with Gasteiger partial charge in [0.1, 0.15) is 4.21 Å². The van der Waals surface area contributed by atoms with Crippen LogP contribution in [0.2, 0.25) is 4.34 Å². The van der Waals surface area contributed by atoms with Gasteiger partial charge in [-0.3, -0.25) is 4.79 Å². The molecular weight excluding hydrogens is 478 g/mol. The number of aromatic amines is 1. The number of benzene rings is 2. The van der Waals surface area contributed by atoms with Gasteiger partial charge in [0.2, 0.25) is 0 Å². The summed E-state index contributed by atoms with van der Waals surface area (Å²) in [4.78, 5) is 15.4. The quantitative estimate of drug-likeness (QED) is 0.394. The number of carbonyl (C=O) groups is 1. The summed E-state index contributed by atoms with van der Waals surface area (Å²) in [5, 5.41) is 0.955. The van der Waals surface area contributed by atoms with E-state index in [-0.39, 0.29) is 10.1 Å². The maximum Gasteiger partial charge on any atom is 0.252 e. The molecule has 0 radical (unpaired) electrons. The Hall–Kier alpha value is -2.65. The molecule has 5 rings (SSSR count). The minimum Gasteiger partial charge on any atom is -0.366 e. The maximum atomic E-state index is 12.9. The summed E-state index contributed by atoms with van der Waals surface area (Å²) in [6.07, 6.45) is 3.30. The number of amides is 1. The van der Waals surface area contributed by atoms with Gasteiger partial charge in [0.05, 0.1) is 15.4 Å². The Morgan fingerprint density at radius 2 is 1.79 bits per heavy atom. The molecule has 6 nitrogen and oxygen atoms in total. The number of piperidine rings is 1. The fraction of sp³-hybridized carbons (Fsp3) is 0.208. The van der Waals surface area contributed by atoms with Gasteiger partial charge in [-0.05, 0) is 59.7 Å². The lowest BCUT2D eigenvalue weighted by Crippen LogP contribution is -2.37. The Labute approximate surface area is 201 Å². The van der Waals surface area contributed by atoms with Crippen molar-refractivity contribution < 1.29 is 13.2 Å². The summed E-state index contributed by atoms with van der Waals surface area (Å²) < 4.78 is 28.2. The Bertz CT molecular complexity index is 1440. The number of thiophene rings is 1. The molecule has 0 spiro atoms. The van der Waals surface area contributed by atoms with Gasteiger partial charge in [-0.25, -0.2) is 8.42 Å². The first kappa shape index (κ1) is 22.2. The summed E-state index contributed by atoms with van der Waals surface area (Å²) in [6, 6.07) is 16.9. The van der Waals surface area contributed by atoms with Crippen LogP contribution in [0.25, 0.3) is 22.0 Å². The molecule has 9 heteroatoms. The Morgan fingerprint density at radius 1 is 1.06 bits per heavy atom. The van der Waals surface area contributed by atoms with Gasteiger partial charge in [0.15, 0.2) is 0 Å². The van der Waals surface area contributed by atoms with Crippen LogP contribution in [0.15, 0.2) is 65.0 Å². The van der Waals surface area contributed by atoms with E-state index < -0.39 is 15.9 Å². The van der Waals surface area contributed by atoms with Crippen LogP contribution in [0.5, 0.6) is 0 Å². The van der Waals surface area contributed by atoms with Crippen molar-refractivity contribution in [1.82, 2.24) is 9.29 Å². The van der Waals surface area contributed by atoms with Crippen LogP contribution >= 0.6 is 22.9 Å². The first-order valence-corrected chi connectivity index (χ1v) is 13.2. The zero-order valence-corrected chi connectivity index (χ0v) is 20.0. The number of aromatic nitrogens is 1. The molecule has 1 saturated heterocycles. The fourth-order valence-corrected chi connectivity index (χ4v) is 7.66. The van der Waals surface area contributed by atoms with E-state index in [1.54, 1.807) is 12.1 Å². The number of primary amides is 1. The van der Waals surface area contributed by atoms with Crippen molar-refractivity contribution in [2.75, 3.05) is 13.1 Å². The summed E-state index contributed by atoms with van der Waals surface area (Å²) in [5.41, 5.74) is 9.88. The number of hydrogen-bond donors (Lipinski definition) is 2. The molecule has 2 aromatic heterocycles. The number of nitrogens with two attached hydrogens (primary N) is 1. The lowest BCUT2D eigenvalue weighted by molar-refractivity contribution is 0.100. The summed E-state index contributed by atoms with van der Waals surface area (Å²) in [7, 11) is -3.54. The molecule has 0 unspecified atom stereocenters. The Kier molecular flexibility index (Phi) is 5.78. The minimum atomic E-state index is -3.54. The maximum absolute atomic E-state index is 12.9. The average Bonchev–Trinajstić information content (AvgIpc) is 3.46. The van der Waals surface area contributed by atoms with Gasteiger partial charge < -0.3 is 10.7 Å². The standard InChI is InChI=1S/C24H22ClN3O3S2/c25-21-6-7-22(32-21)33(30,31)28-10-8-16(9-11-28)20-14-27-23-18(20)12-17(13-19(23)24(26)29)15-4-2-1-3-5-15/h1-7,12-14,16,27H,8-11H2,(H2,26,29). The molecule has 0 bridgehead atoms. The van der Waals surface area contributed by atoms with E-state index in [0.717, 1.165) is 38.9 Å². The topological polar surface area (TPSA) is 96.3 Å². The predicted octanol–water partition coefficient (Wildman–Crippen LogP) is 5.22. The molecule has 4 aromatic rings. The van der Waals surface area contributed by atoms with Gasteiger partial charge in [0.25, 0.3) is 15.9 Å². The number of fused-ring (bicyclic) bond motifs is 1. The van der Waals surface area contributed by atoms with Crippen molar-refractivity contribution >= 4 is 49.8 Å². The first-order chi connectivity index (χ1) is 15.8. The molecule has 0 saturated carbocycles. The van der Waals surface area contributed by atoms with E-state index in [0.29, 0.717) is 35.8 Å². The number of nitrogens with one attached hydrogen (secondary N) is 1. The molecule has 1 fully saturated rings. The Morgan fingerprint density at radius 3 is 2.42 bits per heavy atom. The van der Waals surface area contributed by atoms with E-state index in [1.165, 1.54) is 4.31 Å². The number of H-pyrrole nitrogens is 1. The number of nitrogens with zero attached hydrogens (tertiary/aromatic N) is 1. The number of hydrogen-bond acceptors (Lipinski definition) is 4. The first-order valence-electron chi connectivity index (χ1n) is 10.6. The third-order valence-electron chi connectivity index (χ3n) is 6.23. The smallest absolute Gasteiger partial charge is 0.252 e. The molecule has 2 aromatic carbocycles. The highest BCUT2D eigenvalue weighted by atomic mass is 35.5. The molecule has 0 atom stereocenters. The monoisotopic (exact) mass is 499 g/mol. The van der Waals surface area contributed by atoms with Gasteiger partial charge in [-0.2, -0.15) is 4.31 Å². The van der Waals surface area contributed by atoms with Crippen molar-refractivity contribution in [3.63, 3.8) is 0 Å². The SMILES string of the molecule is NC(=O)c1cc(-c2ccccc2)cc2c(C3CCN(S(=O)(=O)c4ccc(Cl)s4)CC3)c[nH]c12. The van der Waals surface area contributed by atoms with E-state index in [1.807, 2.05) is 42.6 Å². The lowest BCUT2D eigenvalue weighted by Gasteiger charge is -2.30. The van der Waals surface area contributed by atoms with Crippen molar-refractivity contribution in [1.29, 1.82) is 0 Å². The van der Waals surface area contributed by atoms with Crippen molar-refractivity contribution in [3.05, 3.63) is 76.3 Å². The van der Waals surface area contributed by atoms with Gasteiger partial charge in [-0.15, -0.1) is 11.3 Å². The lowest BCUT2D eigenvalue weighted by atomic mass is 9.88. The highest BCUT2D eigenvalue weighted by Crippen LogP contribution is 2.38. The van der Waals surface area contributed by atoms with Crippen LogP contribution < -0.4 is 5.73 Å². The predicted molar refractivity (Wildman–Crippen MR) is 132 cm³/mol. The van der Waals surface area contributed by atoms with Crippen LogP contribution in [0.1, 0.15) is 34.7 Å². The molecule has 3 heterocycles. The van der Waals surface area contributed by atoms with Crippen LogP contribution in [0.3, 0.4) is 0 Å². The second kappa shape index (κ2) is 8.61. The number of sulfonamides is 1. The average molecular weight is 500 g/mol. The van der Waals surface area contributed by atoms with Crippen LogP contribution in [-0.4, -0.2) is 36.7 Å². The van der Waals surface area contributed by atoms with E-state index in [2.05, 4.69) is 11.1 Å². The van der Waals surface area contributed by atoms with Crippen LogP contribution in [-0.2, 0) is 10.0 Å². The number of rotatable bonds is 5. The Balaban J connectivity index is 1.46. The van der Waals surface area contributed by atoms with E-state index in [4.69, 9.17) is 17.3 Å². The molecule has 1 aliphatic heterocycles. The fourth-order valence-electron chi connectivity index (χ4n) is 4.55. The van der Waals surface area contributed by atoms with Gasteiger partial charge in [-0.1, -0.05) is 41.9 Å². The summed E-state index contributed by atoms with van der Waals surface area (Å²) in [6.45, 7) is 0.854. The molecule has 33 heavy (non-hydrogen) atoms. The van der Waals surface area contributed by atoms with E-state index in [9.17, 15) is 13.2 Å². The highest BCUT2D eigenvalue weighted by molar-refractivity contribution is 7.91. The zero-order chi connectivity index (χ0) is 23.2. The molecule has 0 aliphatic carbocycles. The molecule has 1 amide bonds. The number of halogens is 1. The van der Waals surface area contributed by atoms with Crippen LogP contribution in [0.4, 0.5) is 0 Å². The second-order valence-corrected chi connectivity index (χ2v) is 12.0.